The quantitative estimate of drug-likeness (QED) is 0.834. The Morgan fingerprint density at radius 2 is 1.86 bits per heavy atom. The van der Waals surface area contributed by atoms with Gasteiger partial charge in [-0.3, -0.25) is 0 Å². The zero-order valence-corrected chi connectivity index (χ0v) is 12.7. The summed E-state index contributed by atoms with van der Waals surface area (Å²) in [6.45, 7) is 1.40. The van der Waals surface area contributed by atoms with Crippen LogP contribution in [0.3, 0.4) is 0 Å². The average Bonchev–Trinajstić information content (AvgIpc) is 3.18. The normalized spacial score (nSPS) is 43.1. The van der Waals surface area contributed by atoms with Gasteiger partial charge in [0, 0.05) is 12.3 Å². The van der Waals surface area contributed by atoms with E-state index in [9.17, 15) is 10.2 Å². The predicted molar refractivity (Wildman–Crippen MR) is 77.5 cm³/mol. The zero-order chi connectivity index (χ0) is 14.4. The zero-order valence-electron chi connectivity index (χ0n) is 12.7. The van der Waals surface area contributed by atoms with E-state index in [0.717, 1.165) is 25.7 Å². The monoisotopic (exact) mass is 296 g/mol. The summed E-state index contributed by atoms with van der Waals surface area (Å²) in [6, 6.07) is 0. The van der Waals surface area contributed by atoms with Crippen molar-refractivity contribution in [3.05, 3.63) is 0 Å². The van der Waals surface area contributed by atoms with Crippen LogP contribution in [-0.4, -0.2) is 41.4 Å². The first-order chi connectivity index (χ1) is 10.2. The van der Waals surface area contributed by atoms with Crippen molar-refractivity contribution in [3.63, 3.8) is 0 Å². The topological polar surface area (TPSA) is 58.9 Å². The van der Waals surface area contributed by atoms with Gasteiger partial charge in [0.1, 0.15) is 0 Å². The van der Waals surface area contributed by atoms with Crippen molar-refractivity contribution in [3.8, 4) is 0 Å². The first-order valence-corrected chi connectivity index (χ1v) is 8.84. The van der Waals surface area contributed by atoms with Crippen molar-refractivity contribution in [2.24, 2.45) is 23.7 Å². The van der Waals surface area contributed by atoms with Crippen LogP contribution in [0.1, 0.15) is 51.4 Å². The summed E-state index contributed by atoms with van der Waals surface area (Å²) in [6.07, 6.45) is 8.20. The molecule has 120 valence electrons. The first kappa shape index (κ1) is 14.4. The fourth-order valence-electron chi connectivity index (χ4n) is 5.37. The minimum atomic E-state index is -0.357. The molecule has 5 unspecified atom stereocenters. The molecule has 1 spiro atoms. The molecule has 3 saturated carbocycles. The van der Waals surface area contributed by atoms with E-state index < -0.39 is 0 Å². The molecule has 0 bridgehead atoms. The standard InChI is InChI=1S/C17H28O4/c18-15(11-3-1-2-4-11)6-5-12-9-14-13(16(12)19)10-17(14)20-7-8-21-17/h11-16,18-19H,1-10H2. The fraction of sp³-hybridized carbons (Fsp3) is 1.00. The lowest BCUT2D eigenvalue weighted by atomic mass is 9.69. The molecule has 0 amide bonds. The largest absolute Gasteiger partial charge is 0.393 e. The molecule has 4 rings (SSSR count). The van der Waals surface area contributed by atoms with Crippen LogP contribution in [-0.2, 0) is 9.47 Å². The summed E-state index contributed by atoms with van der Waals surface area (Å²) in [5.74, 6) is 1.21. The van der Waals surface area contributed by atoms with Crippen LogP contribution in [0.2, 0.25) is 0 Å². The third-order valence-electron chi connectivity index (χ3n) is 6.63. The Morgan fingerprint density at radius 1 is 1.14 bits per heavy atom. The lowest BCUT2D eigenvalue weighted by Gasteiger charge is -2.48. The SMILES string of the molecule is OC(CCC1CC2C(CC23OCCO3)C1O)C1CCCC1. The van der Waals surface area contributed by atoms with Gasteiger partial charge in [-0.1, -0.05) is 12.8 Å². The van der Waals surface area contributed by atoms with E-state index in [4.69, 9.17) is 9.47 Å². The summed E-state index contributed by atoms with van der Waals surface area (Å²) < 4.78 is 11.6. The number of aliphatic hydroxyl groups is 2. The van der Waals surface area contributed by atoms with Crippen LogP contribution >= 0.6 is 0 Å². The molecular formula is C17H28O4. The van der Waals surface area contributed by atoms with E-state index >= 15 is 0 Å². The van der Waals surface area contributed by atoms with Gasteiger partial charge in [0.05, 0.1) is 25.4 Å². The second kappa shape index (κ2) is 5.48. The van der Waals surface area contributed by atoms with Gasteiger partial charge in [-0.15, -0.1) is 0 Å². The van der Waals surface area contributed by atoms with Crippen molar-refractivity contribution in [1.29, 1.82) is 0 Å². The summed E-state index contributed by atoms with van der Waals surface area (Å²) >= 11 is 0. The number of aliphatic hydroxyl groups excluding tert-OH is 2. The van der Waals surface area contributed by atoms with Crippen LogP contribution in [0.5, 0.6) is 0 Å². The van der Waals surface area contributed by atoms with E-state index in [0.29, 0.717) is 36.9 Å². The molecule has 5 atom stereocenters. The Balaban J connectivity index is 1.30. The van der Waals surface area contributed by atoms with Crippen LogP contribution in [0.25, 0.3) is 0 Å². The highest BCUT2D eigenvalue weighted by molar-refractivity contribution is 5.08. The lowest BCUT2D eigenvalue weighted by molar-refractivity contribution is -0.275. The van der Waals surface area contributed by atoms with Gasteiger partial charge in [0.25, 0.3) is 0 Å². The highest BCUT2D eigenvalue weighted by Crippen LogP contribution is 2.59. The molecule has 2 N–H and O–H groups in total. The Bertz CT molecular complexity index is 373. The van der Waals surface area contributed by atoms with E-state index in [2.05, 4.69) is 0 Å². The van der Waals surface area contributed by atoms with Gasteiger partial charge in [-0.25, -0.2) is 0 Å². The number of rotatable bonds is 4. The minimum absolute atomic E-state index is 0.161. The van der Waals surface area contributed by atoms with Crippen molar-refractivity contribution < 1.29 is 19.7 Å². The molecule has 1 saturated heterocycles. The second-order valence-corrected chi connectivity index (χ2v) is 7.66. The van der Waals surface area contributed by atoms with Crippen molar-refractivity contribution in [2.45, 2.75) is 69.4 Å². The van der Waals surface area contributed by atoms with E-state index in [1.807, 2.05) is 0 Å². The number of fused-ring (bicyclic) bond motifs is 2. The van der Waals surface area contributed by atoms with Gasteiger partial charge in [0.15, 0.2) is 5.79 Å². The average molecular weight is 296 g/mol. The van der Waals surface area contributed by atoms with E-state index in [1.165, 1.54) is 25.7 Å². The van der Waals surface area contributed by atoms with Gasteiger partial charge in [-0.05, 0) is 49.9 Å². The Hall–Kier alpha value is -0.160. The molecular weight excluding hydrogens is 268 g/mol. The molecule has 4 fully saturated rings. The smallest absolute Gasteiger partial charge is 0.172 e. The number of hydrogen-bond donors (Lipinski definition) is 2. The van der Waals surface area contributed by atoms with Gasteiger partial charge < -0.3 is 19.7 Å². The molecule has 1 aliphatic heterocycles. The Kier molecular flexibility index (Phi) is 3.77. The Labute approximate surface area is 126 Å². The molecule has 4 nitrogen and oxygen atoms in total. The van der Waals surface area contributed by atoms with Crippen LogP contribution in [0.15, 0.2) is 0 Å². The fourth-order valence-corrected chi connectivity index (χ4v) is 5.37. The third-order valence-corrected chi connectivity index (χ3v) is 6.63. The van der Waals surface area contributed by atoms with E-state index in [-0.39, 0.29) is 18.0 Å². The van der Waals surface area contributed by atoms with Crippen LogP contribution < -0.4 is 0 Å². The number of ether oxygens (including phenoxy) is 2. The molecule has 0 aromatic rings. The molecule has 4 heteroatoms. The van der Waals surface area contributed by atoms with Crippen LogP contribution in [0.4, 0.5) is 0 Å². The van der Waals surface area contributed by atoms with Gasteiger partial charge >= 0.3 is 0 Å². The molecule has 0 aromatic heterocycles. The first-order valence-electron chi connectivity index (χ1n) is 8.84. The van der Waals surface area contributed by atoms with Gasteiger partial charge in [-0.2, -0.15) is 0 Å². The lowest BCUT2D eigenvalue weighted by Crippen LogP contribution is -2.54. The molecule has 21 heavy (non-hydrogen) atoms. The van der Waals surface area contributed by atoms with Crippen molar-refractivity contribution in [1.82, 2.24) is 0 Å². The van der Waals surface area contributed by atoms with Crippen molar-refractivity contribution in [2.75, 3.05) is 13.2 Å². The number of hydrogen-bond acceptors (Lipinski definition) is 4. The van der Waals surface area contributed by atoms with Crippen molar-refractivity contribution >= 4 is 0 Å². The second-order valence-electron chi connectivity index (χ2n) is 7.66. The summed E-state index contributed by atoms with van der Waals surface area (Å²) in [5.41, 5.74) is 0. The molecule has 0 aromatic carbocycles. The maximum Gasteiger partial charge on any atom is 0.172 e. The summed E-state index contributed by atoms with van der Waals surface area (Å²) in [7, 11) is 0. The highest BCUT2D eigenvalue weighted by Gasteiger charge is 2.64. The molecule has 4 aliphatic rings. The molecule has 1 heterocycles. The molecule has 0 radical (unpaired) electrons. The summed E-state index contributed by atoms with van der Waals surface area (Å²) in [4.78, 5) is 0. The highest BCUT2D eigenvalue weighted by atomic mass is 16.7. The van der Waals surface area contributed by atoms with E-state index in [1.54, 1.807) is 0 Å². The maximum absolute atomic E-state index is 10.5. The van der Waals surface area contributed by atoms with Gasteiger partial charge in [0.2, 0.25) is 0 Å². The predicted octanol–water partition coefficient (Wildman–Crippen LogP) is 2.08. The summed E-state index contributed by atoms with van der Waals surface area (Å²) in [5, 5.41) is 20.8. The Morgan fingerprint density at radius 3 is 2.57 bits per heavy atom. The minimum Gasteiger partial charge on any atom is -0.393 e. The van der Waals surface area contributed by atoms with Crippen LogP contribution in [0, 0.1) is 23.7 Å². The third kappa shape index (κ3) is 2.35. The maximum atomic E-state index is 10.5. The molecule has 3 aliphatic carbocycles.